The molecule has 1 aromatic rings. The molecule has 104 valence electrons. The van der Waals surface area contributed by atoms with E-state index in [-0.39, 0.29) is 23.7 Å². The van der Waals surface area contributed by atoms with Gasteiger partial charge in [-0.05, 0) is 30.5 Å². The number of hydrogen-bond acceptors (Lipinski definition) is 2. The third-order valence-corrected chi connectivity index (χ3v) is 3.88. The number of amides is 1. The van der Waals surface area contributed by atoms with Crippen LogP contribution in [0.15, 0.2) is 24.3 Å². The number of halogens is 2. The third kappa shape index (κ3) is 3.91. The minimum Gasteiger partial charge on any atom is -0.381 e. The third-order valence-electron chi connectivity index (χ3n) is 3.36. The predicted molar refractivity (Wildman–Crippen MR) is 71.8 cm³/mol. The van der Waals surface area contributed by atoms with Gasteiger partial charge in [0.05, 0.1) is 12.0 Å². The summed E-state index contributed by atoms with van der Waals surface area (Å²) in [5.74, 6) is -0.0952. The van der Waals surface area contributed by atoms with E-state index in [1.807, 2.05) is 0 Å². The first-order chi connectivity index (χ1) is 9.13. The zero-order valence-corrected chi connectivity index (χ0v) is 11.4. The van der Waals surface area contributed by atoms with Crippen molar-refractivity contribution in [1.82, 2.24) is 5.32 Å². The second-order valence-electron chi connectivity index (χ2n) is 4.88. The van der Waals surface area contributed by atoms with Crippen molar-refractivity contribution < 1.29 is 13.9 Å². The Morgan fingerprint density at radius 2 is 2.16 bits per heavy atom. The van der Waals surface area contributed by atoms with Crippen LogP contribution in [0.25, 0.3) is 0 Å². The summed E-state index contributed by atoms with van der Waals surface area (Å²) in [6.07, 6.45) is 1.59. The molecule has 1 aromatic carbocycles. The second-order valence-corrected chi connectivity index (χ2v) is 5.15. The number of carbonyl (C=O) groups excluding carboxylic acids is 1. The lowest BCUT2D eigenvalue weighted by Crippen LogP contribution is -2.53. The van der Waals surface area contributed by atoms with Gasteiger partial charge in [0, 0.05) is 19.1 Å². The van der Waals surface area contributed by atoms with E-state index in [0.717, 1.165) is 0 Å². The van der Waals surface area contributed by atoms with Gasteiger partial charge in [-0.15, -0.1) is 11.6 Å². The number of carbonyl (C=O) groups is 1. The van der Waals surface area contributed by atoms with Crippen LogP contribution in [0.2, 0.25) is 0 Å². The molecule has 0 saturated carbocycles. The molecule has 1 amide bonds. The number of nitrogens with one attached hydrogen (secondary N) is 1. The van der Waals surface area contributed by atoms with Gasteiger partial charge in [0.25, 0.3) is 0 Å². The highest BCUT2D eigenvalue weighted by Crippen LogP contribution is 2.22. The molecule has 1 heterocycles. The fourth-order valence-electron chi connectivity index (χ4n) is 2.23. The molecule has 0 radical (unpaired) electrons. The SMILES string of the molecule is O=C(Cc1cccc(F)c1)NC1(CCl)CCOCC1. The Labute approximate surface area is 117 Å². The summed E-state index contributed by atoms with van der Waals surface area (Å²) in [6, 6.07) is 6.07. The summed E-state index contributed by atoms with van der Waals surface area (Å²) in [5, 5.41) is 2.98. The Morgan fingerprint density at radius 3 is 2.79 bits per heavy atom. The highest BCUT2D eigenvalue weighted by atomic mass is 35.5. The monoisotopic (exact) mass is 285 g/mol. The van der Waals surface area contributed by atoms with Crippen molar-refractivity contribution >= 4 is 17.5 Å². The summed E-state index contributed by atoms with van der Waals surface area (Å²) >= 11 is 5.98. The van der Waals surface area contributed by atoms with Crippen LogP contribution in [0.5, 0.6) is 0 Å². The zero-order valence-electron chi connectivity index (χ0n) is 10.6. The Hall–Kier alpha value is -1.13. The lowest BCUT2D eigenvalue weighted by molar-refractivity contribution is -0.123. The minimum atomic E-state index is -0.385. The quantitative estimate of drug-likeness (QED) is 0.862. The zero-order chi connectivity index (χ0) is 13.7. The molecule has 0 aromatic heterocycles. The van der Waals surface area contributed by atoms with Crippen molar-refractivity contribution in [3.05, 3.63) is 35.6 Å². The van der Waals surface area contributed by atoms with E-state index in [4.69, 9.17) is 16.3 Å². The summed E-state index contributed by atoms with van der Waals surface area (Å²) in [4.78, 5) is 12.0. The summed E-state index contributed by atoms with van der Waals surface area (Å²) in [6.45, 7) is 1.21. The molecule has 1 N–H and O–H groups in total. The van der Waals surface area contributed by atoms with E-state index in [1.54, 1.807) is 12.1 Å². The van der Waals surface area contributed by atoms with Crippen LogP contribution in [-0.4, -0.2) is 30.5 Å². The first kappa shape index (κ1) is 14.3. The van der Waals surface area contributed by atoms with Crippen molar-refractivity contribution in [2.45, 2.75) is 24.8 Å². The van der Waals surface area contributed by atoms with Crippen LogP contribution in [0.1, 0.15) is 18.4 Å². The Morgan fingerprint density at radius 1 is 1.42 bits per heavy atom. The average molecular weight is 286 g/mol. The number of hydrogen-bond donors (Lipinski definition) is 1. The van der Waals surface area contributed by atoms with Gasteiger partial charge in [-0.3, -0.25) is 4.79 Å². The van der Waals surface area contributed by atoms with E-state index < -0.39 is 0 Å². The first-order valence-corrected chi connectivity index (χ1v) is 6.86. The maximum atomic E-state index is 13.0. The molecule has 1 fully saturated rings. The molecule has 0 atom stereocenters. The van der Waals surface area contributed by atoms with E-state index >= 15 is 0 Å². The Bertz CT molecular complexity index is 447. The molecule has 0 bridgehead atoms. The lowest BCUT2D eigenvalue weighted by Gasteiger charge is -2.36. The van der Waals surface area contributed by atoms with Crippen molar-refractivity contribution in [1.29, 1.82) is 0 Å². The predicted octanol–water partition coefficient (Wildman–Crippen LogP) is 2.27. The molecule has 0 spiro atoms. The highest BCUT2D eigenvalue weighted by molar-refractivity contribution is 6.18. The molecule has 2 rings (SSSR count). The smallest absolute Gasteiger partial charge is 0.224 e. The van der Waals surface area contributed by atoms with Gasteiger partial charge < -0.3 is 10.1 Å². The molecule has 5 heteroatoms. The molecule has 1 aliphatic rings. The van der Waals surface area contributed by atoms with E-state index in [2.05, 4.69) is 5.32 Å². The van der Waals surface area contributed by atoms with Crippen LogP contribution in [0.4, 0.5) is 4.39 Å². The fourth-order valence-corrected chi connectivity index (χ4v) is 2.56. The van der Waals surface area contributed by atoms with Crippen molar-refractivity contribution in [2.75, 3.05) is 19.1 Å². The molecule has 0 unspecified atom stereocenters. The van der Waals surface area contributed by atoms with Gasteiger partial charge in [-0.25, -0.2) is 4.39 Å². The molecular formula is C14H17ClFNO2. The summed E-state index contributed by atoms with van der Waals surface area (Å²) < 4.78 is 18.3. The number of ether oxygens (including phenoxy) is 1. The summed E-state index contributed by atoms with van der Waals surface area (Å²) in [7, 11) is 0. The maximum Gasteiger partial charge on any atom is 0.224 e. The van der Waals surface area contributed by atoms with Gasteiger partial charge in [0.1, 0.15) is 5.82 Å². The largest absolute Gasteiger partial charge is 0.381 e. The van der Waals surface area contributed by atoms with Gasteiger partial charge >= 0.3 is 0 Å². The second kappa shape index (κ2) is 6.35. The topological polar surface area (TPSA) is 38.3 Å². The molecule has 1 saturated heterocycles. The number of rotatable bonds is 4. The van der Waals surface area contributed by atoms with Crippen LogP contribution in [0.3, 0.4) is 0 Å². The highest BCUT2D eigenvalue weighted by Gasteiger charge is 2.33. The van der Waals surface area contributed by atoms with E-state index in [1.165, 1.54) is 12.1 Å². The lowest BCUT2D eigenvalue weighted by atomic mass is 9.92. The van der Waals surface area contributed by atoms with Crippen LogP contribution < -0.4 is 5.32 Å². The van der Waals surface area contributed by atoms with Crippen LogP contribution in [-0.2, 0) is 16.0 Å². The standard InChI is InChI=1S/C14H17ClFNO2/c15-10-14(4-6-19-7-5-14)17-13(18)9-11-2-1-3-12(16)8-11/h1-3,8H,4-7,9-10H2,(H,17,18). The molecule has 1 aliphatic heterocycles. The van der Waals surface area contributed by atoms with E-state index in [9.17, 15) is 9.18 Å². The number of benzene rings is 1. The van der Waals surface area contributed by atoms with Gasteiger partial charge in [-0.1, -0.05) is 12.1 Å². The van der Waals surface area contributed by atoms with Crippen molar-refractivity contribution in [3.8, 4) is 0 Å². The first-order valence-electron chi connectivity index (χ1n) is 6.33. The molecule has 0 aliphatic carbocycles. The molecule has 19 heavy (non-hydrogen) atoms. The van der Waals surface area contributed by atoms with Gasteiger partial charge in [0.15, 0.2) is 0 Å². The molecule has 3 nitrogen and oxygen atoms in total. The normalized spacial score (nSPS) is 18.0. The van der Waals surface area contributed by atoms with Gasteiger partial charge in [-0.2, -0.15) is 0 Å². The molecular weight excluding hydrogens is 269 g/mol. The van der Waals surface area contributed by atoms with Crippen LogP contribution >= 0.6 is 11.6 Å². The number of alkyl halides is 1. The van der Waals surface area contributed by atoms with Crippen LogP contribution in [0, 0.1) is 5.82 Å². The average Bonchev–Trinajstić information content (AvgIpc) is 2.39. The fraction of sp³-hybridized carbons (Fsp3) is 0.500. The summed E-state index contributed by atoms with van der Waals surface area (Å²) in [5.41, 5.74) is 0.277. The Kier molecular flexibility index (Phi) is 4.77. The Balaban J connectivity index is 1.96. The van der Waals surface area contributed by atoms with Gasteiger partial charge in [0.2, 0.25) is 5.91 Å². The van der Waals surface area contributed by atoms with Crippen molar-refractivity contribution in [3.63, 3.8) is 0 Å². The van der Waals surface area contributed by atoms with E-state index in [0.29, 0.717) is 37.5 Å². The maximum absolute atomic E-state index is 13.0. The minimum absolute atomic E-state index is 0.131. The van der Waals surface area contributed by atoms with Crippen molar-refractivity contribution in [2.24, 2.45) is 0 Å².